The summed E-state index contributed by atoms with van der Waals surface area (Å²) >= 11 is 0. The molecule has 5 unspecified atom stereocenters. The largest absolute Gasteiger partial charge is 0.382 e. The molecule has 3 heterocycles. The molecular formula is C22H22N6. The van der Waals surface area contributed by atoms with Gasteiger partial charge in [0.05, 0.1) is 23.3 Å². The number of benzene rings is 2. The van der Waals surface area contributed by atoms with E-state index in [-0.39, 0.29) is 0 Å². The van der Waals surface area contributed by atoms with Gasteiger partial charge in [-0.25, -0.2) is 0 Å². The number of hydrogen-bond acceptors (Lipinski definition) is 4. The highest BCUT2D eigenvalue weighted by molar-refractivity contribution is 5.90. The smallest absolute Gasteiger partial charge is 0.153 e. The van der Waals surface area contributed by atoms with Crippen LogP contribution in [0.25, 0.3) is 21.8 Å². The molecule has 5 N–H and O–H groups in total. The maximum atomic E-state index is 5.98. The van der Waals surface area contributed by atoms with Crippen LogP contribution < -0.4 is 11.1 Å². The molecule has 1 aliphatic heterocycles. The molecule has 2 aliphatic carbocycles. The van der Waals surface area contributed by atoms with Gasteiger partial charge in [-0.15, -0.1) is 0 Å². The van der Waals surface area contributed by atoms with Gasteiger partial charge in [0.2, 0.25) is 0 Å². The number of nitrogens with two attached hydrogens (primary N) is 1. The summed E-state index contributed by atoms with van der Waals surface area (Å²) in [6.07, 6.45) is 6.10. The van der Waals surface area contributed by atoms with Crippen molar-refractivity contribution in [3.8, 4) is 0 Å². The minimum Gasteiger partial charge on any atom is -0.382 e. The predicted octanol–water partition coefficient (Wildman–Crippen LogP) is 4.32. The molecule has 0 spiro atoms. The standard InChI is InChI=1S/C22H22N6/c23-22-13-4-3-12(8-17(13)27-28-22)21-19-11-2-1-10(7-11)18(19)20-14-9-24-26-15(14)5-6-16(20)25-21/h3-6,8-11,18-19,21,25H,1-2,7H2,(H,24,26)(H3,23,27,28). The van der Waals surface area contributed by atoms with Crippen LogP contribution >= 0.6 is 0 Å². The van der Waals surface area contributed by atoms with Gasteiger partial charge < -0.3 is 11.1 Å². The number of nitrogens with one attached hydrogen (secondary N) is 3. The highest BCUT2D eigenvalue weighted by Crippen LogP contribution is 2.64. The fourth-order valence-corrected chi connectivity index (χ4v) is 6.59. The average Bonchev–Trinajstić information content (AvgIpc) is 3.50. The number of nitrogen functional groups attached to an aromatic ring is 1. The van der Waals surface area contributed by atoms with Crippen molar-refractivity contribution in [1.82, 2.24) is 20.4 Å². The molecule has 2 saturated carbocycles. The van der Waals surface area contributed by atoms with Crippen LogP contribution in [0.15, 0.2) is 36.5 Å². The van der Waals surface area contributed by atoms with Crippen molar-refractivity contribution < 1.29 is 0 Å². The van der Waals surface area contributed by atoms with Crippen molar-refractivity contribution in [2.45, 2.75) is 31.2 Å². The van der Waals surface area contributed by atoms with Crippen molar-refractivity contribution >= 4 is 33.3 Å². The number of rotatable bonds is 1. The monoisotopic (exact) mass is 370 g/mol. The molecule has 2 bridgehead atoms. The maximum absolute atomic E-state index is 5.98. The predicted molar refractivity (Wildman–Crippen MR) is 110 cm³/mol. The number of anilines is 2. The van der Waals surface area contributed by atoms with Gasteiger partial charge in [0.15, 0.2) is 5.82 Å². The van der Waals surface area contributed by atoms with E-state index in [9.17, 15) is 0 Å². The first-order valence-corrected chi connectivity index (χ1v) is 10.2. The quantitative estimate of drug-likeness (QED) is 0.401. The summed E-state index contributed by atoms with van der Waals surface area (Å²) < 4.78 is 0. The number of fused-ring (bicyclic) bond motifs is 10. The van der Waals surface area contributed by atoms with Gasteiger partial charge in [-0.3, -0.25) is 10.2 Å². The first kappa shape index (κ1) is 15.0. The summed E-state index contributed by atoms with van der Waals surface area (Å²) in [5.74, 6) is 3.41. The Morgan fingerprint density at radius 1 is 0.964 bits per heavy atom. The second-order valence-electron chi connectivity index (χ2n) is 8.83. The van der Waals surface area contributed by atoms with Crippen LogP contribution in [0, 0.1) is 17.8 Å². The second kappa shape index (κ2) is 5.07. The van der Waals surface area contributed by atoms with Gasteiger partial charge in [-0.05, 0) is 78.3 Å². The first-order chi connectivity index (χ1) is 13.8. The molecular weight excluding hydrogens is 348 g/mol. The summed E-state index contributed by atoms with van der Waals surface area (Å²) in [5.41, 5.74) is 12.2. The number of aromatic nitrogens is 4. The highest BCUT2D eigenvalue weighted by atomic mass is 15.1. The minimum atomic E-state index is 0.325. The zero-order chi connectivity index (χ0) is 18.4. The highest BCUT2D eigenvalue weighted by Gasteiger charge is 2.54. The fraction of sp³-hybridized carbons (Fsp3) is 0.364. The number of H-pyrrole nitrogens is 2. The van der Waals surface area contributed by atoms with Gasteiger partial charge in [-0.1, -0.05) is 6.07 Å². The Morgan fingerprint density at radius 3 is 2.86 bits per heavy atom. The van der Waals surface area contributed by atoms with Crippen LogP contribution in [0.4, 0.5) is 11.5 Å². The molecule has 0 saturated heterocycles. The van der Waals surface area contributed by atoms with Crippen LogP contribution in [0.2, 0.25) is 0 Å². The van der Waals surface area contributed by atoms with Crippen LogP contribution in [0.3, 0.4) is 0 Å². The van der Waals surface area contributed by atoms with E-state index in [2.05, 4.69) is 56.0 Å². The van der Waals surface area contributed by atoms with E-state index in [0.717, 1.165) is 28.3 Å². The van der Waals surface area contributed by atoms with Crippen molar-refractivity contribution in [2.75, 3.05) is 11.1 Å². The lowest BCUT2D eigenvalue weighted by atomic mass is 9.67. The van der Waals surface area contributed by atoms with Gasteiger partial charge in [0, 0.05) is 16.5 Å². The van der Waals surface area contributed by atoms with Crippen molar-refractivity contribution in [3.05, 3.63) is 47.7 Å². The van der Waals surface area contributed by atoms with Crippen molar-refractivity contribution in [1.29, 1.82) is 0 Å². The molecule has 2 aromatic heterocycles. The Kier molecular flexibility index (Phi) is 2.71. The van der Waals surface area contributed by atoms with Crippen LogP contribution in [0.5, 0.6) is 0 Å². The number of aromatic amines is 2. The normalized spacial score (nSPS) is 30.5. The van der Waals surface area contributed by atoms with E-state index >= 15 is 0 Å². The molecule has 4 aromatic rings. The summed E-state index contributed by atoms with van der Waals surface area (Å²) in [6, 6.07) is 11.3. The first-order valence-electron chi connectivity index (χ1n) is 10.2. The fourth-order valence-electron chi connectivity index (χ4n) is 6.59. The van der Waals surface area contributed by atoms with Crippen molar-refractivity contribution in [2.24, 2.45) is 17.8 Å². The molecule has 6 heteroatoms. The number of hydrogen-bond donors (Lipinski definition) is 4. The third kappa shape index (κ3) is 1.78. The Balaban J connectivity index is 1.43. The summed E-state index contributed by atoms with van der Waals surface area (Å²) in [7, 11) is 0. The van der Waals surface area contributed by atoms with E-state index in [1.165, 1.54) is 41.5 Å². The molecule has 6 nitrogen and oxygen atoms in total. The lowest BCUT2D eigenvalue weighted by Gasteiger charge is -2.43. The molecule has 0 radical (unpaired) electrons. The minimum absolute atomic E-state index is 0.325. The average molecular weight is 370 g/mol. The van der Waals surface area contributed by atoms with Gasteiger partial charge in [0.1, 0.15) is 0 Å². The summed E-state index contributed by atoms with van der Waals surface area (Å²) in [6.45, 7) is 0. The Bertz CT molecular complexity index is 1240. The second-order valence-corrected chi connectivity index (χ2v) is 8.83. The van der Waals surface area contributed by atoms with E-state index in [1.54, 1.807) is 0 Å². The lowest BCUT2D eigenvalue weighted by molar-refractivity contribution is 0.249. The summed E-state index contributed by atoms with van der Waals surface area (Å²) in [5, 5.41) is 21.0. The third-order valence-corrected chi connectivity index (χ3v) is 7.65. The molecule has 5 atom stereocenters. The molecule has 2 aromatic carbocycles. The zero-order valence-corrected chi connectivity index (χ0v) is 15.4. The van der Waals surface area contributed by atoms with E-state index < -0.39 is 0 Å². The molecule has 3 aliphatic rings. The lowest BCUT2D eigenvalue weighted by Crippen LogP contribution is -2.35. The van der Waals surface area contributed by atoms with E-state index in [4.69, 9.17) is 5.73 Å². The van der Waals surface area contributed by atoms with E-state index in [0.29, 0.717) is 23.7 Å². The maximum Gasteiger partial charge on any atom is 0.153 e. The summed E-state index contributed by atoms with van der Waals surface area (Å²) in [4.78, 5) is 0. The SMILES string of the molecule is Nc1n[nH]c2cc(C3Nc4ccc5[nH]ncc5c4C4C5CCC(C5)C34)ccc12. The molecule has 28 heavy (non-hydrogen) atoms. The molecule has 2 fully saturated rings. The molecule has 0 amide bonds. The Morgan fingerprint density at radius 2 is 1.89 bits per heavy atom. The van der Waals surface area contributed by atoms with Crippen molar-refractivity contribution in [3.63, 3.8) is 0 Å². The van der Waals surface area contributed by atoms with Crippen LogP contribution in [-0.4, -0.2) is 20.4 Å². The van der Waals surface area contributed by atoms with Gasteiger partial charge in [-0.2, -0.15) is 10.2 Å². The van der Waals surface area contributed by atoms with Crippen LogP contribution in [-0.2, 0) is 0 Å². The van der Waals surface area contributed by atoms with Gasteiger partial charge >= 0.3 is 0 Å². The zero-order valence-electron chi connectivity index (χ0n) is 15.4. The topological polar surface area (TPSA) is 95.4 Å². The van der Waals surface area contributed by atoms with Crippen LogP contribution in [0.1, 0.15) is 42.3 Å². The Hall–Kier alpha value is -3.02. The molecule has 140 valence electrons. The third-order valence-electron chi connectivity index (χ3n) is 7.65. The van der Waals surface area contributed by atoms with E-state index in [1.807, 2.05) is 6.20 Å². The number of nitrogens with zero attached hydrogens (tertiary/aromatic N) is 2. The van der Waals surface area contributed by atoms with Gasteiger partial charge in [0.25, 0.3) is 0 Å². The Labute approximate surface area is 161 Å². The molecule has 7 rings (SSSR count).